The summed E-state index contributed by atoms with van der Waals surface area (Å²) >= 11 is 0. The Kier molecular flexibility index (Phi) is 5.20. The summed E-state index contributed by atoms with van der Waals surface area (Å²) in [4.78, 5) is 2.42. The van der Waals surface area contributed by atoms with Gasteiger partial charge in [-0.15, -0.1) is 0 Å². The highest BCUT2D eigenvalue weighted by molar-refractivity contribution is 5.31. The van der Waals surface area contributed by atoms with Gasteiger partial charge in [0.1, 0.15) is 11.6 Å². The van der Waals surface area contributed by atoms with E-state index >= 15 is 0 Å². The van der Waals surface area contributed by atoms with E-state index in [4.69, 9.17) is 4.74 Å². The Labute approximate surface area is 160 Å². The molecule has 2 aliphatic rings. The molecule has 2 fully saturated rings. The van der Waals surface area contributed by atoms with Crippen LogP contribution in [0.2, 0.25) is 0 Å². The number of halogens is 1. The van der Waals surface area contributed by atoms with Gasteiger partial charge in [-0.1, -0.05) is 37.1 Å². The average Bonchev–Trinajstić information content (AvgIpc) is 2.68. The zero-order valence-corrected chi connectivity index (χ0v) is 15.9. The molecule has 27 heavy (non-hydrogen) atoms. The maximum absolute atomic E-state index is 13.7. The third-order valence-corrected chi connectivity index (χ3v) is 6.40. The van der Waals surface area contributed by atoms with Crippen LogP contribution < -0.4 is 4.74 Å². The first-order chi connectivity index (χ1) is 13.1. The summed E-state index contributed by atoms with van der Waals surface area (Å²) in [7, 11) is 1.67. The highest BCUT2D eigenvalue weighted by atomic mass is 19.1. The normalized spacial score (nSPS) is 28.6. The lowest BCUT2D eigenvalue weighted by Gasteiger charge is -2.52. The average molecular weight is 369 g/mol. The predicted molar refractivity (Wildman–Crippen MR) is 104 cm³/mol. The first-order valence-corrected chi connectivity index (χ1v) is 9.94. The molecule has 0 radical (unpaired) electrons. The maximum atomic E-state index is 13.7. The van der Waals surface area contributed by atoms with E-state index in [-0.39, 0.29) is 17.8 Å². The van der Waals surface area contributed by atoms with Gasteiger partial charge in [-0.3, -0.25) is 4.90 Å². The predicted octanol–water partition coefficient (Wildman–Crippen LogP) is 4.70. The second-order valence-electron chi connectivity index (χ2n) is 8.02. The van der Waals surface area contributed by atoms with Crippen LogP contribution in [-0.2, 0) is 6.54 Å². The number of hydrogen-bond acceptors (Lipinski definition) is 3. The lowest BCUT2D eigenvalue weighted by atomic mass is 9.66. The molecule has 2 aromatic carbocycles. The second kappa shape index (κ2) is 7.61. The fourth-order valence-corrected chi connectivity index (χ4v) is 5.03. The molecule has 4 heteroatoms. The molecule has 1 N–H and O–H groups in total. The highest BCUT2D eigenvalue weighted by Gasteiger charge is 2.48. The van der Waals surface area contributed by atoms with E-state index in [1.807, 2.05) is 18.2 Å². The Morgan fingerprint density at radius 1 is 1.15 bits per heavy atom. The summed E-state index contributed by atoms with van der Waals surface area (Å²) in [5.41, 5.74) is 1.60. The Balaban J connectivity index is 1.67. The molecule has 3 nitrogen and oxygen atoms in total. The molecule has 1 aliphatic carbocycles. The van der Waals surface area contributed by atoms with Crippen molar-refractivity contribution in [1.82, 2.24) is 4.90 Å². The Morgan fingerprint density at radius 3 is 2.70 bits per heavy atom. The van der Waals surface area contributed by atoms with Crippen molar-refractivity contribution in [3.8, 4) is 5.75 Å². The number of methoxy groups -OCH3 is 1. The van der Waals surface area contributed by atoms with E-state index in [2.05, 4.69) is 17.0 Å². The van der Waals surface area contributed by atoms with E-state index in [1.54, 1.807) is 19.2 Å². The monoisotopic (exact) mass is 369 g/mol. The van der Waals surface area contributed by atoms with Gasteiger partial charge >= 0.3 is 0 Å². The molecular formula is C23H28FNO2. The molecule has 144 valence electrons. The van der Waals surface area contributed by atoms with Crippen molar-refractivity contribution in [1.29, 1.82) is 0 Å². The Bertz CT molecular complexity index is 778. The number of benzene rings is 2. The number of ether oxygens (including phenoxy) is 1. The lowest BCUT2D eigenvalue weighted by Crippen LogP contribution is -2.54. The van der Waals surface area contributed by atoms with Crippen LogP contribution in [-0.4, -0.2) is 29.3 Å². The van der Waals surface area contributed by atoms with Crippen LogP contribution in [0.25, 0.3) is 0 Å². The van der Waals surface area contributed by atoms with Gasteiger partial charge in [-0.05, 0) is 54.7 Å². The van der Waals surface area contributed by atoms with Gasteiger partial charge in [0, 0.05) is 25.0 Å². The van der Waals surface area contributed by atoms with Gasteiger partial charge in [0.25, 0.3) is 0 Å². The minimum atomic E-state index is -0.582. The van der Waals surface area contributed by atoms with Gasteiger partial charge in [-0.2, -0.15) is 0 Å². The smallest absolute Gasteiger partial charge is 0.123 e. The number of fused-ring (bicyclic) bond motifs is 1. The number of nitrogens with zero attached hydrogens (tertiary/aromatic N) is 1. The fraction of sp³-hybridized carbons (Fsp3) is 0.478. The summed E-state index contributed by atoms with van der Waals surface area (Å²) in [5, 5.41) is 11.3. The van der Waals surface area contributed by atoms with Gasteiger partial charge in [0.15, 0.2) is 0 Å². The van der Waals surface area contributed by atoms with Gasteiger partial charge in [0.2, 0.25) is 0 Å². The van der Waals surface area contributed by atoms with Gasteiger partial charge < -0.3 is 9.84 Å². The molecule has 0 unspecified atom stereocenters. The molecule has 0 bridgehead atoms. The molecule has 4 rings (SSSR count). The summed E-state index contributed by atoms with van der Waals surface area (Å²) in [6.07, 6.45) is 4.98. The number of piperidine rings is 1. The lowest BCUT2D eigenvalue weighted by molar-refractivity contribution is -0.126. The quantitative estimate of drug-likeness (QED) is 0.848. The van der Waals surface area contributed by atoms with Crippen LogP contribution >= 0.6 is 0 Å². The molecule has 1 aliphatic heterocycles. The van der Waals surface area contributed by atoms with Crippen LogP contribution in [0.15, 0.2) is 48.5 Å². The second-order valence-corrected chi connectivity index (χ2v) is 8.02. The van der Waals surface area contributed by atoms with Crippen LogP contribution in [0.4, 0.5) is 4.39 Å². The van der Waals surface area contributed by atoms with Crippen LogP contribution in [0.3, 0.4) is 0 Å². The first kappa shape index (κ1) is 18.5. The molecule has 1 heterocycles. The van der Waals surface area contributed by atoms with Crippen LogP contribution in [0, 0.1) is 11.7 Å². The SMILES string of the molecule is COc1ccc([C@H]2[C@@H]3CCCC[C@@]3(O)CCN2Cc2cccc(F)c2)cc1. The molecule has 0 spiro atoms. The Morgan fingerprint density at radius 2 is 1.96 bits per heavy atom. The zero-order valence-electron chi connectivity index (χ0n) is 15.9. The van der Waals surface area contributed by atoms with Gasteiger partial charge in [0.05, 0.1) is 12.7 Å². The largest absolute Gasteiger partial charge is 0.497 e. The first-order valence-electron chi connectivity index (χ1n) is 9.94. The number of hydrogen-bond donors (Lipinski definition) is 1. The van der Waals surface area contributed by atoms with Crippen molar-refractivity contribution in [2.75, 3.05) is 13.7 Å². The zero-order chi connectivity index (χ0) is 18.9. The van der Waals surface area contributed by atoms with E-state index in [1.165, 1.54) is 11.6 Å². The molecule has 0 amide bonds. The summed E-state index contributed by atoms with van der Waals surface area (Å²) in [6.45, 7) is 1.52. The third kappa shape index (κ3) is 3.74. The van der Waals surface area contributed by atoms with E-state index in [9.17, 15) is 9.50 Å². The minimum absolute atomic E-state index is 0.137. The van der Waals surface area contributed by atoms with Crippen molar-refractivity contribution >= 4 is 0 Å². The van der Waals surface area contributed by atoms with Crippen molar-refractivity contribution < 1.29 is 14.2 Å². The molecule has 1 saturated heterocycles. The standard InChI is InChI=1S/C23H28FNO2/c1-27-20-10-8-18(9-11-20)22-21-7-2-3-12-23(21,26)13-14-25(22)16-17-5-4-6-19(24)15-17/h4-6,8-11,15,21-22,26H,2-3,7,12-14,16H2,1H3/t21-,22-,23+/m0/s1. The molecule has 1 saturated carbocycles. The van der Waals surface area contributed by atoms with Crippen molar-refractivity contribution in [3.63, 3.8) is 0 Å². The van der Waals surface area contributed by atoms with Crippen molar-refractivity contribution in [2.24, 2.45) is 5.92 Å². The maximum Gasteiger partial charge on any atom is 0.123 e. The minimum Gasteiger partial charge on any atom is -0.497 e. The van der Waals surface area contributed by atoms with Crippen LogP contribution in [0.1, 0.15) is 49.3 Å². The van der Waals surface area contributed by atoms with E-state index < -0.39 is 5.60 Å². The van der Waals surface area contributed by atoms with Crippen molar-refractivity contribution in [2.45, 2.75) is 50.3 Å². The molecular weight excluding hydrogens is 341 g/mol. The van der Waals surface area contributed by atoms with Crippen LogP contribution in [0.5, 0.6) is 5.75 Å². The van der Waals surface area contributed by atoms with E-state index in [0.29, 0.717) is 6.54 Å². The summed E-state index contributed by atoms with van der Waals surface area (Å²) in [5.74, 6) is 0.853. The molecule has 0 aromatic heterocycles. The highest BCUT2D eigenvalue weighted by Crippen LogP contribution is 2.49. The van der Waals surface area contributed by atoms with Crippen molar-refractivity contribution in [3.05, 3.63) is 65.5 Å². The Hall–Kier alpha value is -1.91. The topological polar surface area (TPSA) is 32.7 Å². The van der Waals surface area contributed by atoms with E-state index in [0.717, 1.165) is 50.0 Å². The third-order valence-electron chi connectivity index (χ3n) is 6.40. The summed E-state index contributed by atoms with van der Waals surface area (Å²) < 4.78 is 19.0. The van der Waals surface area contributed by atoms with Gasteiger partial charge in [-0.25, -0.2) is 4.39 Å². The molecule has 3 atom stereocenters. The number of aliphatic hydroxyl groups is 1. The number of likely N-dealkylation sites (tertiary alicyclic amines) is 1. The number of rotatable bonds is 4. The molecule has 2 aromatic rings. The fourth-order valence-electron chi connectivity index (χ4n) is 5.03. The summed E-state index contributed by atoms with van der Waals surface area (Å²) in [6, 6.07) is 15.2.